The lowest BCUT2D eigenvalue weighted by Gasteiger charge is -2.47. The quantitative estimate of drug-likeness (QED) is 0.410. The van der Waals surface area contributed by atoms with Crippen LogP contribution in [0.1, 0.15) is 30.0 Å². The van der Waals surface area contributed by atoms with Gasteiger partial charge in [0.25, 0.3) is 0 Å². The van der Waals surface area contributed by atoms with Crippen molar-refractivity contribution in [3.05, 3.63) is 66.1 Å². The van der Waals surface area contributed by atoms with Crippen LogP contribution in [0.3, 0.4) is 0 Å². The number of hydrogen-bond donors (Lipinski definition) is 1. The minimum Gasteiger partial charge on any atom is -0.346 e. The van der Waals surface area contributed by atoms with Gasteiger partial charge in [0.05, 0.1) is 23.5 Å². The molecule has 4 aromatic rings. The van der Waals surface area contributed by atoms with Crippen molar-refractivity contribution in [2.24, 2.45) is 0 Å². The number of H-pyrrole nitrogens is 1. The van der Waals surface area contributed by atoms with E-state index in [1.54, 1.807) is 6.33 Å². The Bertz CT molecular complexity index is 1360. The predicted molar refractivity (Wildman–Crippen MR) is 125 cm³/mol. The molecule has 7 nitrogen and oxygen atoms in total. The fourth-order valence-electron chi connectivity index (χ4n) is 5.25. The molecule has 0 saturated carbocycles. The zero-order valence-corrected chi connectivity index (χ0v) is 19.4. The number of rotatable bonds is 5. The Balaban J connectivity index is 1.01. The molecule has 0 aliphatic carbocycles. The van der Waals surface area contributed by atoms with Crippen LogP contribution in [0.15, 0.2) is 49.2 Å². The lowest BCUT2D eigenvalue weighted by Crippen LogP contribution is -2.55. The molecule has 6 rings (SSSR count). The number of likely N-dealkylation sites (tertiary alicyclic amines) is 2. The zero-order valence-electron chi connectivity index (χ0n) is 19.4. The van der Waals surface area contributed by atoms with Gasteiger partial charge in [-0.3, -0.25) is 14.5 Å². The largest absolute Gasteiger partial charge is 0.416 e. The summed E-state index contributed by atoms with van der Waals surface area (Å²) < 4.78 is 54.6. The van der Waals surface area contributed by atoms with Crippen molar-refractivity contribution in [1.82, 2.24) is 34.5 Å². The molecule has 2 aliphatic rings. The first kappa shape index (κ1) is 23.1. The van der Waals surface area contributed by atoms with E-state index in [1.165, 1.54) is 6.07 Å². The van der Waals surface area contributed by atoms with Crippen LogP contribution in [-0.2, 0) is 12.7 Å². The van der Waals surface area contributed by atoms with Crippen molar-refractivity contribution < 1.29 is 17.6 Å². The Morgan fingerprint density at radius 3 is 2.58 bits per heavy atom. The standard InChI is InChI=1S/C25H25F4N7/c26-22-9-18(25(27,28)29)2-1-16(22)11-34-7-4-19(5-8-34)35-13-20(14-35)36-12-17(10-33-36)23-21-3-6-30-24(21)32-15-31-23/h1-3,6,9-10,12,15,19-20H,4-5,7-8,11,13-14H2,(H,30,31,32). The third-order valence-corrected chi connectivity index (χ3v) is 7.34. The Labute approximate surface area is 204 Å². The second-order valence-corrected chi connectivity index (χ2v) is 9.59. The number of nitrogens with one attached hydrogen (secondary N) is 1. The maximum atomic E-state index is 14.2. The number of benzene rings is 1. The molecule has 2 fully saturated rings. The average Bonchev–Trinajstić information content (AvgIpc) is 3.50. The molecule has 188 valence electrons. The number of piperidine rings is 1. The van der Waals surface area contributed by atoms with Crippen LogP contribution in [0.4, 0.5) is 17.6 Å². The van der Waals surface area contributed by atoms with Crippen LogP contribution >= 0.6 is 0 Å². The molecular formula is C25H25F4N7. The fraction of sp³-hybridized carbons (Fsp3) is 0.400. The number of alkyl halides is 3. The van der Waals surface area contributed by atoms with Gasteiger partial charge >= 0.3 is 6.18 Å². The summed E-state index contributed by atoms with van der Waals surface area (Å²) in [4.78, 5) is 16.4. The summed E-state index contributed by atoms with van der Waals surface area (Å²) in [5.74, 6) is -0.796. The second kappa shape index (κ2) is 8.97. The Morgan fingerprint density at radius 2 is 1.83 bits per heavy atom. The minimum atomic E-state index is -4.53. The molecule has 0 atom stereocenters. The van der Waals surface area contributed by atoms with Crippen molar-refractivity contribution in [2.45, 2.75) is 37.6 Å². The highest BCUT2D eigenvalue weighted by Crippen LogP contribution is 2.32. The second-order valence-electron chi connectivity index (χ2n) is 9.59. The maximum Gasteiger partial charge on any atom is 0.416 e. The fourth-order valence-corrected chi connectivity index (χ4v) is 5.25. The van der Waals surface area contributed by atoms with E-state index in [0.29, 0.717) is 30.3 Å². The molecule has 0 radical (unpaired) electrons. The van der Waals surface area contributed by atoms with E-state index >= 15 is 0 Å². The number of halogens is 4. The molecule has 0 unspecified atom stereocenters. The van der Waals surface area contributed by atoms with Gasteiger partial charge < -0.3 is 4.98 Å². The third-order valence-electron chi connectivity index (χ3n) is 7.34. The summed E-state index contributed by atoms with van der Waals surface area (Å²) in [5, 5.41) is 5.55. The Kier molecular flexibility index (Phi) is 5.76. The molecule has 0 amide bonds. The lowest BCUT2D eigenvalue weighted by atomic mass is 9.97. The summed E-state index contributed by atoms with van der Waals surface area (Å²) >= 11 is 0. The molecule has 0 spiro atoms. The summed E-state index contributed by atoms with van der Waals surface area (Å²) in [7, 11) is 0. The minimum absolute atomic E-state index is 0.306. The van der Waals surface area contributed by atoms with Crippen molar-refractivity contribution in [3.63, 3.8) is 0 Å². The highest BCUT2D eigenvalue weighted by Gasteiger charge is 2.36. The van der Waals surface area contributed by atoms with Gasteiger partial charge in [0, 0.05) is 54.6 Å². The van der Waals surface area contributed by atoms with Gasteiger partial charge in [-0.1, -0.05) is 6.07 Å². The van der Waals surface area contributed by atoms with Gasteiger partial charge in [0.1, 0.15) is 17.8 Å². The third kappa shape index (κ3) is 4.37. The monoisotopic (exact) mass is 499 g/mol. The van der Waals surface area contributed by atoms with Crippen LogP contribution in [-0.4, -0.2) is 66.8 Å². The van der Waals surface area contributed by atoms with Gasteiger partial charge in [-0.05, 0) is 44.1 Å². The number of hydrogen-bond acceptors (Lipinski definition) is 5. The molecule has 1 aromatic carbocycles. The van der Waals surface area contributed by atoms with Crippen LogP contribution in [0.5, 0.6) is 0 Å². The van der Waals surface area contributed by atoms with E-state index in [2.05, 4.69) is 29.9 Å². The van der Waals surface area contributed by atoms with Crippen LogP contribution < -0.4 is 0 Å². The van der Waals surface area contributed by atoms with Gasteiger partial charge in [-0.15, -0.1) is 0 Å². The van der Waals surface area contributed by atoms with E-state index in [0.717, 1.165) is 67.4 Å². The summed E-state index contributed by atoms with van der Waals surface area (Å²) in [6, 6.07) is 5.52. The topological polar surface area (TPSA) is 65.9 Å². The molecule has 3 aromatic heterocycles. The highest BCUT2D eigenvalue weighted by atomic mass is 19.4. The van der Waals surface area contributed by atoms with E-state index < -0.39 is 17.6 Å². The number of aromatic amines is 1. The number of fused-ring (bicyclic) bond motifs is 1. The van der Waals surface area contributed by atoms with Crippen LogP contribution in [0.25, 0.3) is 22.3 Å². The van der Waals surface area contributed by atoms with Gasteiger partial charge in [0.2, 0.25) is 0 Å². The van der Waals surface area contributed by atoms with E-state index in [4.69, 9.17) is 0 Å². The lowest BCUT2D eigenvalue weighted by molar-refractivity contribution is -0.137. The molecule has 2 saturated heterocycles. The average molecular weight is 500 g/mol. The van der Waals surface area contributed by atoms with E-state index in [9.17, 15) is 17.6 Å². The summed E-state index contributed by atoms with van der Waals surface area (Å²) in [6.45, 7) is 3.75. The van der Waals surface area contributed by atoms with Gasteiger partial charge in [0.15, 0.2) is 0 Å². The van der Waals surface area contributed by atoms with Crippen LogP contribution in [0, 0.1) is 5.82 Å². The first-order valence-electron chi connectivity index (χ1n) is 12.0. The zero-order chi connectivity index (χ0) is 24.9. The first-order valence-corrected chi connectivity index (χ1v) is 12.0. The molecule has 0 bridgehead atoms. The Morgan fingerprint density at radius 1 is 1.03 bits per heavy atom. The predicted octanol–water partition coefficient (Wildman–Crippen LogP) is 4.50. The molecule has 36 heavy (non-hydrogen) atoms. The molecule has 1 N–H and O–H groups in total. The SMILES string of the molecule is Fc1cc(C(F)(F)F)ccc1CN1CCC(N2CC(n3cc(-c4ncnc5[nH]ccc45)cn3)C2)CC1. The smallest absolute Gasteiger partial charge is 0.346 e. The first-order chi connectivity index (χ1) is 17.3. The number of nitrogens with zero attached hydrogens (tertiary/aromatic N) is 6. The highest BCUT2D eigenvalue weighted by molar-refractivity contribution is 5.89. The normalized spacial score (nSPS) is 18.7. The van der Waals surface area contributed by atoms with E-state index in [1.807, 2.05) is 29.3 Å². The number of aromatic nitrogens is 5. The van der Waals surface area contributed by atoms with Crippen LogP contribution in [0.2, 0.25) is 0 Å². The van der Waals surface area contributed by atoms with Gasteiger partial charge in [-0.2, -0.15) is 18.3 Å². The summed E-state index contributed by atoms with van der Waals surface area (Å²) in [5.41, 5.74) is 1.98. The maximum absolute atomic E-state index is 14.2. The van der Waals surface area contributed by atoms with Crippen molar-refractivity contribution in [2.75, 3.05) is 26.2 Å². The molecule has 5 heterocycles. The van der Waals surface area contributed by atoms with Crippen molar-refractivity contribution in [3.8, 4) is 11.3 Å². The van der Waals surface area contributed by atoms with Crippen molar-refractivity contribution >= 4 is 11.0 Å². The van der Waals surface area contributed by atoms with Crippen molar-refractivity contribution in [1.29, 1.82) is 0 Å². The van der Waals surface area contributed by atoms with E-state index in [-0.39, 0.29) is 0 Å². The Hall–Kier alpha value is -3.31. The van der Waals surface area contributed by atoms with Gasteiger partial charge in [-0.25, -0.2) is 14.4 Å². The molecule has 11 heteroatoms. The summed E-state index contributed by atoms with van der Waals surface area (Å²) in [6.07, 6.45) is 4.65. The molecular weight excluding hydrogens is 474 g/mol. The molecule has 2 aliphatic heterocycles.